The number of Topliss-reactive ketones (excluding diaryl/α,β-unsaturated/α-hetero) is 1. The molecule has 0 radical (unpaired) electrons. The molecule has 1 aromatic carbocycles. The van der Waals surface area contributed by atoms with Crippen LogP contribution in [0.25, 0.3) is 0 Å². The molecule has 0 aliphatic heterocycles. The van der Waals surface area contributed by atoms with E-state index in [1.165, 1.54) is 30.4 Å². The van der Waals surface area contributed by atoms with E-state index in [4.69, 9.17) is 11.5 Å². The van der Waals surface area contributed by atoms with E-state index < -0.39 is 27.3 Å². The Labute approximate surface area is 124 Å². The Kier molecular flexibility index (Phi) is 3.85. The zero-order valence-corrected chi connectivity index (χ0v) is 11.2. The van der Waals surface area contributed by atoms with E-state index >= 15 is 0 Å². The summed E-state index contributed by atoms with van der Waals surface area (Å²) in [6.07, 6.45) is 3.51. The van der Waals surface area contributed by atoms with E-state index in [-0.39, 0.29) is 16.8 Å². The topological polar surface area (TPSA) is 155 Å². The highest BCUT2D eigenvalue weighted by atomic mass is 16.6. The van der Waals surface area contributed by atoms with Gasteiger partial charge >= 0.3 is 0 Å². The number of carbonyl (C=O) groups is 1. The third-order valence-electron chi connectivity index (χ3n) is 3.21. The Bertz CT molecular complexity index is 723. The van der Waals surface area contributed by atoms with E-state index in [2.05, 4.69) is 0 Å². The summed E-state index contributed by atoms with van der Waals surface area (Å²) in [6.45, 7) is 0. The van der Waals surface area contributed by atoms with E-state index in [1.807, 2.05) is 0 Å². The van der Waals surface area contributed by atoms with Crippen LogP contribution in [0, 0.1) is 20.2 Å². The maximum absolute atomic E-state index is 12.3. The highest BCUT2D eigenvalue weighted by Crippen LogP contribution is 2.22. The van der Waals surface area contributed by atoms with Crippen molar-refractivity contribution >= 4 is 11.5 Å². The summed E-state index contributed by atoms with van der Waals surface area (Å²) in [4.78, 5) is 32.7. The number of carbonyl (C=O) groups excluding carboxylic acids is 1. The van der Waals surface area contributed by atoms with Crippen molar-refractivity contribution in [3.8, 4) is 0 Å². The van der Waals surface area contributed by atoms with Gasteiger partial charge in [-0.1, -0.05) is 18.2 Å². The van der Waals surface area contributed by atoms with Crippen molar-refractivity contribution in [2.75, 3.05) is 0 Å². The zero-order chi connectivity index (χ0) is 16.5. The van der Waals surface area contributed by atoms with Crippen LogP contribution < -0.4 is 11.5 Å². The second kappa shape index (κ2) is 5.47. The molecule has 4 N–H and O–H groups in total. The lowest BCUT2D eigenvalue weighted by Crippen LogP contribution is -2.60. The number of benzene rings is 1. The van der Waals surface area contributed by atoms with Crippen LogP contribution in [0.5, 0.6) is 0 Å². The minimum absolute atomic E-state index is 0.00808. The first-order valence-corrected chi connectivity index (χ1v) is 6.14. The van der Waals surface area contributed by atoms with Crippen LogP contribution in [-0.2, 0) is 0 Å². The van der Waals surface area contributed by atoms with E-state index in [0.29, 0.717) is 0 Å². The molecular weight excluding hydrogens is 292 g/mol. The maximum atomic E-state index is 12.3. The van der Waals surface area contributed by atoms with Gasteiger partial charge in [-0.3, -0.25) is 25.0 Å². The number of nitro groups is 2. The number of allylic oxidation sites excluding steroid dienone is 2. The number of hydrogen-bond acceptors (Lipinski definition) is 7. The summed E-state index contributed by atoms with van der Waals surface area (Å²) in [5, 5.41) is 21.7. The highest BCUT2D eigenvalue weighted by molar-refractivity contribution is 6.11. The monoisotopic (exact) mass is 304 g/mol. The molecule has 0 bridgehead atoms. The second-order valence-electron chi connectivity index (χ2n) is 4.82. The summed E-state index contributed by atoms with van der Waals surface area (Å²) < 4.78 is 0. The fourth-order valence-corrected chi connectivity index (χ4v) is 2.02. The van der Waals surface area contributed by atoms with Crippen molar-refractivity contribution in [1.82, 2.24) is 0 Å². The number of hydrogen-bond donors (Lipinski definition) is 2. The van der Waals surface area contributed by atoms with Gasteiger partial charge in [0.2, 0.25) is 0 Å². The number of non-ortho nitro benzene ring substituents is 1. The summed E-state index contributed by atoms with van der Waals surface area (Å²) in [7, 11) is 0. The quantitative estimate of drug-likeness (QED) is 0.355. The molecule has 1 aromatic rings. The first kappa shape index (κ1) is 15.5. The molecule has 9 nitrogen and oxygen atoms in total. The van der Waals surface area contributed by atoms with E-state index in [0.717, 1.165) is 12.1 Å². The van der Waals surface area contributed by atoms with Gasteiger partial charge in [-0.2, -0.15) is 0 Å². The van der Waals surface area contributed by atoms with Gasteiger partial charge in [0, 0.05) is 34.3 Å². The number of nitro benzene ring substituents is 1. The van der Waals surface area contributed by atoms with Crippen LogP contribution in [0.2, 0.25) is 0 Å². The molecule has 2 rings (SSSR count). The minimum Gasteiger partial charge on any atom is -0.304 e. The summed E-state index contributed by atoms with van der Waals surface area (Å²) >= 11 is 0. The fraction of sp³-hybridized carbons (Fsp3) is 0.154. The average molecular weight is 304 g/mol. The number of rotatable bonds is 4. The molecule has 9 heteroatoms. The van der Waals surface area contributed by atoms with Crippen molar-refractivity contribution < 1.29 is 14.6 Å². The zero-order valence-electron chi connectivity index (χ0n) is 11.2. The molecule has 0 amide bonds. The Hall–Kier alpha value is -2.91. The number of ketones is 1. The van der Waals surface area contributed by atoms with E-state index in [9.17, 15) is 25.0 Å². The van der Waals surface area contributed by atoms with Gasteiger partial charge in [0.05, 0.1) is 4.92 Å². The first-order valence-electron chi connectivity index (χ1n) is 6.14. The second-order valence-corrected chi connectivity index (χ2v) is 4.82. The number of nitrogens with two attached hydrogens (primary N) is 2. The first-order chi connectivity index (χ1) is 10.2. The third-order valence-corrected chi connectivity index (χ3v) is 3.21. The fourth-order valence-electron chi connectivity index (χ4n) is 2.02. The molecule has 0 saturated carbocycles. The summed E-state index contributed by atoms with van der Waals surface area (Å²) in [5.41, 5.74) is 9.30. The number of nitrogens with zero attached hydrogens (tertiary/aromatic N) is 2. The van der Waals surface area contributed by atoms with Gasteiger partial charge in [0.1, 0.15) is 0 Å². The standard InChI is InChI=1S/C13H12N4O5/c14-13(15)5-4-9(7-11(13)17(21)22)12(18)8-2-1-3-10(6-8)16(19)20/h1-7,11H,14-15H2. The summed E-state index contributed by atoms with van der Waals surface area (Å²) in [6, 6.07) is 3.63. The average Bonchev–Trinajstić information content (AvgIpc) is 2.46. The van der Waals surface area contributed by atoms with Crippen LogP contribution in [0.15, 0.2) is 48.1 Å². The van der Waals surface area contributed by atoms with E-state index in [1.54, 1.807) is 0 Å². The molecule has 1 aliphatic rings. The predicted molar refractivity (Wildman–Crippen MR) is 76.5 cm³/mol. The maximum Gasteiger partial charge on any atom is 0.270 e. The lowest BCUT2D eigenvalue weighted by atomic mass is 9.90. The molecule has 1 atom stereocenters. The molecule has 0 fully saturated rings. The van der Waals surface area contributed by atoms with Gasteiger partial charge in [0.15, 0.2) is 11.4 Å². The van der Waals surface area contributed by atoms with Crippen LogP contribution in [0.3, 0.4) is 0 Å². The minimum atomic E-state index is -1.70. The molecule has 22 heavy (non-hydrogen) atoms. The molecule has 114 valence electrons. The largest absolute Gasteiger partial charge is 0.304 e. The van der Waals surface area contributed by atoms with Gasteiger partial charge < -0.3 is 11.5 Å². The van der Waals surface area contributed by atoms with Crippen LogP contribution in [-0.4, -0.2) is 27.3 Å². The Morgan fingerprint density at radius 1 is 1.23 bits per heavy atom. The lowest BCUT2D eigenvalue weighted by Gasteiger charge is -2.25. The van der Waals surface area contributed by atoms with Crippen molar-refractivity contribution in [2.45, 2.75) is 11.7 Å². The van der Waals surface area contributed by atoms with Crippen molar-refractivity contribution in [3.63, 3.8) is 0 Å². The molecule has 0 aromatic heterocycles. The van der Waals surface area contributed by atoms with Gasteiger partial charge in [0.25, 0.3) is 11.7 Å². The molecule has 0 saturated heterocycles. The van der Waals surface area contributed by atoms with Gasteiger partial charge in [-0.25, -0.2) is 0 Å². The molecule has 1 unspecified atom stereocenters. The Morgan fingerprint density at radius 3 is 2.50 bits per heavy atom. The van der Waals surface area contributed by atoms with Gasteiger partial charge in [-0.15, -0.1) is 0 Å². The Balaban J connectivity index is 2.38. The molecule has 0 heterocycles. The SMILES string of the molecule is NC1(N)C=CC(C(=O)c2cccc([N+](=O)[O-])c2)=CC1[N+](=O)[O-]. The Morgan fingerprint density at radius 2 is 1.91 bits per heavy atom. The van der Waals surface area contributed by atoms with Crippen molar-refractivity contribution in [2.24, 2.45) is 11.5 Å². The smallest absolute Gasteiger partial charge is 0.270 e. The lowest BCUT2D eigenvalue weighted by molar-refractivity contribution is -0.517. The third kappa shape index (κ3) is 2.90. The summed E-state index contributed by atoms with van der Waals surface area (Å²) in [5.74, 6) is -0.581. The van der Waals surface area contributed by atoms with Crippen LogP contribution in [0.1, 0.15) is 10.4 Å². The predicted octanol–water partition coefficient (Wildman–Crippen LogP) is 0.533. The molecule has 0 spiro atoms. The van der Waals surface area contributed by atoms with Crippen molar-refractivity contribution in [1.29, 1.82) is 0 Å². The van der Waals surface area contributed by atoms with Crippen molar-refractivity contribution in [3.05, 3.63) is 73.9 Å². The highest BCUT2D eigenvalue weighted by Gasteiger charge is 2.40. The normalized spacial score (nSPS) is 19.4. The van der Waals surface area contributed by atoms with Crippen LogP contribution in [0.4, 0.5) is 5.69 Å². The molecule has 1 aliphatic carbocycles. The van der Waals surface area contributed by atoms with Gasteiger partial charge in [-0.05, 0) is 6.08 Å². The molecular formula is C13H12N4O5. The van der Waals surface area contributed by atoms with Crippen LogP contribution >= 0.6 is 0 Å².